The highest BCUT2D eigenvalue weighted by atomic mass is 35.5. The molecular formula is C10H11Cl2NO2. The van der Waals surface area contributed by atoms with Crippen LogP contribution in [0.15, 0.2) is 18.2 Å². The van der Waals surface area contributed by atoms with E-state index in [2.05, 4.69) is 0 Å². The first-order valence-electron chi connectivity index (χ1n) is 4.43. The monoisotopic (exact) mass is 247 g/mol. The van der Waals surface area contributed by atoms with Crippen LogP contribution < -0.4 is 5.73 Å². The van der Waals surface area contributed by atoms with Crippen molar-refractivity contribution in [3.05, 3.63) is 33.8 Å². The van der Waals surface area contributed by atoms with Crippen LogP contribution in [0.1, 0.15) is 24.4 Å². The maximum absolute atomic E-state index is 10.4. The molecule has 0 saturated heterocycles. The summed E-state index contributed by atoms with van der Waals surface area (Å²) < 4.78 is 0. The normalized spacial score (nSPS) is 12.5. The summed E-state index contributed by atoms with van der Waals surface area (Å²) in [5.74, 6) is -0.865. The second kappa shape index (κ2) is 5.35. The molecule has 0 saturated carbocycles. The average Bonchev–Trinajstić information content (AvgIpc) is 2.14. The second-order valence-corrected chi connectivity index (χ2v) is 4.05. The van der Waals surface area contributed by atoms with Gasteiger partial charge >= 0.3 is 5.97 Å². The van der Waals surface area contributed by atoms with Gasteiger partial charge in [-0.25, -0.2) is 0 Å². The van der Waals surface area contributed by atoms with Gasteiger partial charge in [-0.15, -0.1) is 0 Å². The molecule has 3 N–H and O–H groups in total. The Morgan fingerprint density at radius 3 is 2.67 bits per heavy atom. The van der Waals surface area contributed by atoms with E-state index in [9.17, 15) is 4.79 Å². The van der Waals surface area contributed by atoms with Crippen molar-refractivity contribution in [2.75, 3.05) is 0 Å². The quantitative estimate of drug-likeness (QED) is 0.861. The average molecular weight is 248 g/mol. The number of rotatable bonds is 4. The van der Waals surface area contributed by atoms with E-state index in [4.69, 9.17) is 34.0 Å². The summed E-state index contributed by atoms with van der Waals surface area (Å²) in [6.07, 6.45) is 0.386. The number of hydrogen-bond acceptors (Lipinski definition) is 2. The smallest absolute Gasteiger partial charge is 0.303 e. The van der Waals surface area contributed by atoms with Gasteiger partial charge in [0.1, 0.15) is 0 Å². The van der Waals surface area contributed by atoms with Crippen LogP contribution >= 0.6 is 23.2 Å². The largest absolute Gasteiger partial charge is 0.481 e. The van der Waals surface area contributed by atoms with Gasteiger partial charge in [0.15, 0.2) is 0 Å². The Kier molecular flexibility index (Phi) is 4.39. The molecule has 0 spiro atoms. The number of benzene rings is 1. The standard InChI is InChI=1S/C10H11Cl2NO2/c11-6-1-2-7(8(12)5-6)9(13)3-4-10(14)15/h1-2,5,9H,3-4,13H2,(H,14,15). The van der Waals surface area contributed by atoms with Crippen molar-refractivity contribution in [1.82, 2.24) is 0 Å². The van der Waals surface area contributed by atoms with Crippen LogP contribution in [0.25, 0.3) is 0 Å². The molecule has 1 atom stereocenters. The van der Waals surface area contributed by atoms with Gasteiger partial charge in [0.2, 0.25) is 0 Å². The molecule has 0 aliphatic carbocycles. The zero-order valence-corrected chi connectivity index (χ0v) is 9.42. The highest BCUT2D eigenvalue weighted by Gasteiger charge is 2.11. The summed E-state index contributed by atoms with van der Waals surface area (Å²) in [4.78, 5) is 10.4. The molecule has 0 radical (unpaired) electrons. The number of aliphatic carboxylic acids is 1. The van der Waals surface area contributed by atoms with E-state index >= 15 is 0 Å². The molecule has 0 bridgehead atoms. The maximum atomic E-state index is 10.4. The summed E-state index contributed by atoms with van der Waals surface area (Å²) >= 11 is 11.7. The lowest BCUT2D eigenvalue weighted by Gasteiger charge is -2.12. The van der Waals surface area contributed by atoms with Gasteiger partial charge in [-0.05, 0) is 24.1 Å². The lowest BCUT2D eigenvalue weighted by molar-refractivity contribution is -0.137. The predicted molar refractivity (Wildman–Crippen MR) is 60.3 cm³/mol. The first kappa shape index (κ1) is 12.3. The van der Waals surface area contributed by atoms with Crippen molar-refractivity contribution in [1.29, 1.82) is 0 Å². The van der Waals surface area contributed by atoms with E-state index in [-0.39, 0.29) is 12.5 Å². The van der Waals surface area contributed by atoms with Crippen molar-refractivity contribution >= 4 is 29.2 Å². The molecule has 0 fully saturated rings. The van der Waals surface area contributed by atoms with Gasteiger partial charge in [0.25, 0.3) is 0 Å². The molecule has 5 heteroatoms. The number of carboxylic acids is 1. The maximum Gasteiger partial charge on any atom is 0.303 e. The molecule has 15 heavy (non-hydrogen) atoms. The van der Waals surface area contributed by atoms with Crippen LogP contribution in [0, 0.1) is 0 Å². The Morgan fingerprint density at radius 2 is 2.13 bits per heavy atom. The zero-order valence-electron chi connectivity index (χ0n) is 7.91. The van der Waals surface area contributed by atoms with E-state index in [1.165, 1.54) is 0 Å². The summed E-state index contributed by atoms with van der Waals surface area (Å²) in [5.41, 5.74) is 6.53. The van der Waals surface area contributed by atoms with E-state index < -0.39 is 5.97 Å². The molecular weight excluding hydrogens is 237 g/mol. The van der Waals surface area contributed by atoms with E-state index in [1.807, 2.05) is 0 Å². The van der Waals surface area contributed by atoms with Crippen LogP contribution in [-0.2, 0) is 4.79 Å². The first-order chi connectivity index (χ1) is 7.00. The minimum Gasteiger partial charge on any atom is -0.481 e. The fraction of sp³-hybridized carbons (Fsp3) is 0.300. The summed E-state index contributed by atoms with van der Waals surface area (Å²) in [6, 6.07) is 4.63. The topological polar surface area (TPSA) is 63.3 Å². The fourth-order valence-electron chi connectivity index (χ4n) is 1.24. The molecule has 1 rings (SSSR count). The van der Waals surface area contributed by atoms with Crippen molar-refractivity contribution in [2.45, 2.75) is 18.9 Å². The SMILES string of the molecule is NC(CCC(=O)O)c1ccc(Cl)cc1Cl. The number of hydrogen-bond donors (Lipinski definition) is 2. The summed E-state index contributed by atoms with van der Waals surface area (Å²) in [5, 5.41) is 9.52. The van der Waals surface area contributed by atoms with Crippen molar-refractivity contribution in [3.63, 3.8) is 0 Å². The lowest BCUT2D eigenvalue weighted by Crippen LogP contribution is -2.12. The molecule has 0 heterocycles. The molecule has 82 valence electrons. The van der Waals surface area contributed by atoms with Crippen molar-refractivity contribution in [3.8, 4) is 0 Å². The van der Waals surface area contributed by atoms with Gasteiger partial charge in [-0.2, -0.15) is 0 Å². The highest BCUT2D eigenvalue weighted by Crippen LogP contribution is 2.27. The van der Waals surface area contributed by atoms with Gasteiger partial charge < -0.3 is 10.8 Å². The van der Waals surface area contributed by atoms with E-state index in [1.54, 1.807) is 18.2 Å². The molecule has 0 aliphatic rings. The van der Waals surface area contributed by atoms with Crippen LogP contribution in [0.3, 0.4) is 0 Å². The zero-order chi connectivity index (χ0) is 11.4. The third-order valence-corrected chi connectivity index (χ3v) is 2.59. The minimum atomic E-state index is -0.865. The number of carboxylic acid groups (broad SMARTS) is 1. The fourth-order valence-corrected chi connectivity index (χ4v) is 1.79. The highest BCUT2D eigenvalue weighted by molar-refractivity contribution is 6.35. The summed E-state index contributed by atoms with van der Waals surface area (Å²) in [7, 11) is 0. The van der Waals surface area contributed by atoms with Gasteiger partial charge in [0, 0.05) is 22.5 Å². The van der Waals surface area contributed by atoms with Gasteiger partial charge in [-0.3, -0.25) is 4.79 Å². The molecule has 1 unspecified atom stereocenters. The third-order valence-electron chi connectivity index (χ3n) is 2.03. The Hall–Kier alpha value is -0.770. The van der Waals surface area contributed by atoms with Crippen LogP contribution in [0.2, 0.25) is 10.0 Å². The van der Waals surface area contributed by atoms with Crippen molar-refractivity contribution < 1.29 is 9.90 Å². The molecule has 0 aliphatic heterocycles. The Balaban J connectivity index is 2.73. The number of nitrogens with two attached hydrogens (primary N) is 1. The van der Waals surface area contributed by atoms with E-state index in [0.717, 1.165) is 5.56 Å². The summed E-state index contributed by atoms with van der Waals surface area (Å²) in [6.45, 7) is 0. The van der Waals surface area contributed by atoms with Crippen LogP contribution in [-0.4, -0.2) is 11.1 Å². The lowest BCUT2D eigenvalue weighted by atomic mass is 10.0. The van der Waals surface area contributed by atoms with Gasteiger partial charge in [-0.1, -0.05) is 29.3 Å². The first-order valence-corrected chi connectivity index (χ1v) is 5.18. The Bertz CT molecular complexity index is 368. The molecule has 3 nitrogen and oxygen atoms in total. The molecule has 1 aromatic rings. The number of carbonyl (C=O) groups is 1. The molecule has 1 aromatic carbocycles. The molecule has 0 amide bonds. The van der Waals surface area contributed by atoms with Crippen LogP contribution in [0.4, 0.5) is 0 Å². The van der Waals surface area contributed by atoms with E-state index in [0.29, 0.717) is 16.5 Å². The number of halogens is 2. The van der Waals surface area contributed by atoms with Crippen molar-refractivity contribution in [2.24, 2.45) is 5.73 Å². The second-order valence-electron chi connectivity index (χ2n) is 3.20. The Labute approximate surface area is 97.8 Å². The minimum absolute atomic E-state index is 0.0279. The molecule has 0 aromatic heterocycles. The predicted octanol–water partition coefficient (Wildman–Crippen LogP) is 2.86. The van der Waals surface area contributed by atoms with Gasteiger partial charge in [0.05, 0.1) is 0 Å². The Morgan fingerprint density at radius 1 is 1.47 bits per heavy atom. The third kappa shape index (κ3) is 3.70. The van der Waals surface area contributed by atoms with Crippen LogP contribution in [0.5, 0.6) is 0 Å².